The number of carbonyl (C=O) groups excluding carboxylic acids is 1. The van der Waals surface area contributed by atoms with Gasteiger partial charge in [-0.05, 0) is 43.6 Å². The molecule has 3 heterocycles. The number of hydrogen-bond donors (Lipinski definition) is 2. The average Bonchev–Trinajstić information content (AvgIpc) is 2.98. The van der Waals surface area contributed by atoms with Crippen molar-refractivity contribution in [1.82, 2.24) is 9.97 Å². The summed E-state index contributed by atoms with van der Waals surface area (Å²) in [5.41, 5.74) is 6.55. The molecule has 6 nitrogen and oxygen atoms in total. The summed E-state index contributed by atoms with van der Waals surface area (Å²) in [7, 11) is 0. The number of aromatic nitrogens is 2. The lowest BCUT2D eigenvalue weighted by molar-refractivity contribution is -0.132. The first-order valence-electron chi connectivity index (χ1n) is 8.96. The molecule has 0 aromatic carbocycles. The average molecular weight is 360 g/mol. The van der Waals surface area contributed by atoms with Gasteiger partial charge in [0.2, 0.25) is 5.91 Å². The number of carbonyl (C=O) groups is 1. The lowest BCUT2D eigenvalue weighted by atomic mass is 9.79. The van der Waals surface area contributed by atoms with Crippen LogP contribution in [0.1, 0.15) is 36.6 Å². The lowest BCUT2D eigenvalue weighted by Gasteiger charge is -2.34. The molecule has 134 valence electrons. The minimum absolute atomic E-state index is 0.255. The quantitative estimate of drug-likeness (QED) is 0.874. The maximum atomic E-state index is 12.1. The molecule has 2 aliphatic rings. The van der Waals surface area contributed by atoms with Crippen LogP contribution in [0.4, 0.5) is 5.82 Å². The van der Waals surface area contributed by atoms with Gasteiger partial charge >= 0.3 is 0 Å². The fraction of sp³-hybridized carbons (Fsp3) is 0.611. The van der Waals surface area contributed by atoms with E-state index < -0.39 is 5.41 Å². The number of nitrogens with zero attached hydrogens (tertiary/aromatic N) is 2. The lowest BCUT2D eigenvalue weighted by Crippen LogP contribution is -2.46. The van der Waals surface area contributed by atoms with Crippen LogP contribution in [0.3, 0.4) is 0 Å². The number of ether oxygens (including phenoxy) is 1. The van der Waals surface area contributed by atoms with E-state index >= 15 is 0 Å². The molecule has 2 aromatic heterocycles. The third kappa shape index (κ3) is 3.00. The Labute approximate surface area is 151 Å². The molecule has 2 aromatic rings. The molecule has 0 radical (unpaired) electrons. The normalized spacial score (nSPS) is 22.5. The number of rotatable bonds is 4. The molecule has 1 aliphatic heterocycles. The van der Waals surface area contributed by atoms with Crippen LogP contribution < -0.4 is 11.1 Å². The predicted molar refractivity (Wildman–Crippen MR) is 98.8 cm³/mol. The number of aryl methyl sites for hydroxylation is 1. The highest BCUT2D eigenvalue weighted by Crippen LogP contribution is 2.40. The molecule has 0 saturated carbocycles. The van der Waals surface area contributed by atoms with E-state index in [-0.39, 0.29) is 5.91 Å². The number of primary amides is 1. The van der Waals surface area contributed by atoms with E-state index in [4.69, 9.17) is 10.5 Å². The molecule has 3 N–H and O–H groups in total. The largest absolute Gasteiger partial charge is 0.381 e. The van der Waals surface area contributed by atoms with Gasteiger partial charge in [0, 0.05) is 24.6 Å². The molecule has 7 heteroatoms. The molecular weight excluding hydrogens is 336 g/mol. The summed E-state index contributed by atoms with van der Waals surface area (Å²) in [6.45, 7) is 3.96. The van der Waals surface area contributed by atoms with Crippen LogP contribution in [-0.4, -0.2) is 35.6 Å². The van der Waals surface area contributed by atoms with E-state index in [1.54, 1.807) is 17.7 Å². The van der Waals surface area contributed by atoms with Crippen molar-refractivity contribution in [3.05, 3.63) is 16.8 Å². The summed E-state index contributed by atoms with van der Waals surface area (Å²) in [6, 6.07) is 0. The third-order valence-electron chi connectivity index (χ3n) is 5.66. The summed E-state index contributed by atoms with van der Waals surface area (Å²) >= 11 is 1.78. The number of hydrogen-bond acceptors (Lipinski definition) is 6. The number of anilines is 1. The number of nitrogens with two attached hydrogens (primary N) is 1. The van der Waals surface area contributed by atoms with Crippen molar-refractivity contribution < 1.29 is 9.53 Å². The van der Waals surface area contributed by atoms with Gasteiger partial charge in [-0.25, -0.2) is 9.97 Å². The Morgan fingerprint density at radius 2 is 2.24 bits per heavy atom. The second-order valence-corrected chi connectivity index (χ2v) is 8.45. The van der Waals surface area contributed by atoms with E-state index in [0.717, 1.165) is 34.8 Å². The summed E-state index contributed by atoms with van der Waals surface area (Å²) in [5.74, 6) is 1.31. The number of nitrogens with one attached hydrogen (secondary N) is 1. The molecule has 4 rings (SSSR count). The number of fused-ring (bicyclic) bond motifs is 3. The summed E-state index contributed by atoms with van der Waals surface area (Å²) < 4.78 is 5.41. The van der Waals surface area contributed by atoms with E-state index in [0.29, 0.717) is 32.6 Å². The van der Waals surface area contributed by atoms with Gasteiger partial charge in [0.1, 0.15) is 17.0 Å². The summed E-state index contributed by atoms with van der Waals surface area (Å²) in [5, 5.41) is 4.57. The van der Waals surface area contributed by atoms with Crippen LogP contribution in [0.5, 0.6) is 0 Å². The maximum absolute atomic E-state index is 12.1. The highest BCUT2D eigenvalue weighted by molar-refractivity contribution is 7.19. The second kappa shape index (κ2) is 6.53. The fourth-order valence-electron chi connectivity index (χ4n) is 3.93. The van der Waals surface area contributed by atoms with Crippen LogP contribution in [-0.2, 0) is 22.4 Å². The Morgan fingerprint density at radius 1 is 1.44 bits per heavy atom. The zero-order valence-electron chi connectivity index (χ0n) is 14.5. The molecular formula is C18H24N4O2S. The Kier molecular flexibility index (Phi) is 4.37. The molecule has 0 bridgehead atoms. The molecule has 1 fully saturated rings. The topological polar surface area (TPSA) is 90.1 Å². The van der Waals surface area contributed by atoms with E-state index in [2.05, 4.69) is 22.2 Å². The summed E-state index contributed by atoms with van der Waals surface area (Å²) in [6.07, 6.45) is 6.32. The Bertz CT molecular complexity index is 798. The van der Waals surface area contributed by atoms with Crippen molar-refractivity contribution >= 4 is 33.3 Å². The monoisotopic (exact) mass is 360 g/mol. The van der Waals surface area contributed by atoms with Crippen molar-refractivity contribution in [2.45, 2.75) is 39.0 Å². The van der Waals surface area contributed by atoms with Gasteiger partial charge in [-0.15, -0.1) is 11.3 Å². The van der Waals surface area contributed by atoms with Gasteiger partial charge in [-0.2, -0.15) is 0 Å². The predicted octanol–water partition coefficient (Wildman–Crippen LogP) is 2.51. The smallest absolute Gasteiger partial charge is 0.225 e. The fourth-order valence-corrected chi connectivity index (χ4v) is 5.28. The van der Waals surface area contributed by atoms with Crippen LogP contribution in [0.25, 0.3) is 10.2 Å². The van der Waals surface area contributed by atoms with Gasteiger partial charge in [0.15, 0.2) is 0 Å². The van der Waals surface area contributed by atoms with E-state index in [9.17, 15) is 4.79 Å². The van der Waals surface area contributed by atoms with E-state index in [1.807, 2.05) is 0 Å². The Hall–Kier alpha value is -1.73. The van der Waals surface area contributed by atoms with Gasteiger partial charge in [0.25, 0.3) is 0 Å². The van der Waals surface area contributed by atoms with Crippen molar-refractivity contribution in [3.63, 3.8) is 0 Å². The molecule has 1 unspecified atom stereocenters. The first kappa shape index (κ1) is 16.7. The molecule has 1 atom stereocenters. The zero-order valence-corrected chi connectivity index (χ0v) is 15.3. The Balaban J connectivity index is 1.64. The van der Waals surface area contributed by atoms with Crippen molar-refractivity contribution in [1.29, 1.82) is 0 Å². The molecule has 1 saturated heterocycles. The van der Waals surface area contributed by atoms with Crippen LogP contribution in [0.15, 0.2) is 6.33 Å². The molecule has 25 heavy (non-hydrogen) atoms. The SMILES string of the molecule is CC1CCc2c(sc3ncnc(NCC4(C(N)=O)CCOCC4)c23)C1. The minimum atomic E-state index is -0.555. The molecule has 0 spiro atoms. The Morgan fingerprint density at radius 3 is 3.00 bits per heavy atom. The third-order valence-corrected chi connectivity index (χ3v) is 6.82. The highest BCUT2D eigenvalue weighted by Gasteiger charge is 2.38. The minimum Gasteiger partial charge on any atom is -0.381 e. The summed E-state index contributed by atoms with van der Waals surface area (Å²) in [4.78, 5) is 23.5. The van der Waals surface area contributed by atoms with Gasteiger partial charge in [-0.1, -0.05) is 6.92 Å². The van der Waals surface area contributed by atoms with Crippen molar-refractivity contribution in [3.8, 4) is 0 Å². The van der Waals surface area contributed by atoms with Crippen LogP contribution in [0.2, 0.25) is 0 Å². The zero-order chi connectivity index (χ0) is 17.4. The van der Waals surface area contributed by atoms with Gasteiger partial charge < -0.3 is 15.8 Å². The highest BCUT2D eigenvalue weighted by atomic mass is 32.1. The number of amides is 1. The van der Waals surface area contributed by atoms with Gasteiger partial charge in [0.05, 0.1) is 10.8 Å². The van der Waals surface area contributed by atoms with Gasteiger partial charge in [-0.3, -0.25) is 4.79 Å². The second-order valence-electron chi connectivity index (χ2n) is 7.36. The molecule has 1 amide bonds. The van der Waals surface area contributed by atoms with Crippen molar-refractivity contribution in [2.75, 3.05) is 25.1 Å². The first-order valence-corrected chi connectivity index (χ1v) is 9.77. The van der Waals surface area contributed by atoms with Crippen LogP contribution in [0, 0.1) is 11.3 Å². The standard InChI is InChI=1S/C18H24N4O2S/c1-11-2-3-12-13(8-11)25-16-14(12)15(21-10-22-16)20-9-18(17(19)23)4-6-24-7-5-18/h10-11H,2-9H2,1H3,(H2,19,23)(H,20,21,22). The van der Waals surface area contributed by atoms with E-state index in [1.165, 1.54) is 16.9 Å². The maximum Gasteiger partial charge on any atom is 0.225 e. The first-order chi connectivity index (χ1) is 12.1. The van der Waals surface area contributed by atoms with Crippen LogP contribution >= 0.6 is 11.3 Å². The molecule has 1 aliphatic carbocycles. The number of thiophene rings is 1. The van der Waals surface area contributed by atoms with Crippen molar-refractivity contribution in [2.24, 2.45) is 17.1 Å².